The number of halogens is 1. The van der Waals surface area contributed by atoms with E-state index in [1.807, 2.05) is 0 Å². The van der Waals surface area contributed by atoms with Gasteiger partial charge in [-0.3, -0.25) is 0 Å². The van der Waals surface area contributed by atoms with Crippen LogP contribution in [0.2, 0.25) is 0 Å². The van der Waals surface area contributed by atoms with E-state index in [0.29, 0.717) is 16.9 Å². The van der Waals surface area contributed by atoms with Crippen molar-refractivity contribution in [1.29, 1.82) is 0 Å². The Bertz CT molecular complexity index is 823. The topological polar surface area (TPSA) is 66.8 Å². The first-order chi connectivity index (χ1) is 11.3. The van der Waals surface area contributed by atoms with Crippen molar-refractivity contribution >= 4 is 10.0 Å². The SMILES string of the molecule is COc1cccc(C(O)CN(C)S(=O)(=O)c2ccc(F)cc2C)c1. The molecule has 0 amide bonds. The first-order valence-electron chi connectivity index (χ1n) is 7.30. The molecule has 0 saturated heterocycles. The Morgan fingerprint density at radius 3 is 2.58 bits per heavy atom. The summed E-state index contributed by atoms with van der Waals surface area (Å²) in [6, 6.07) is 10.3. The van der Waals surface area contributed by atoms with E-state index in [-0.39, 0.29) is 11.4 Å². The number of sulfonamides is 1. The second kappa shape index (κ2) is 7.29. The quantitative estimate of drug-likeness (QED) is 0.866. The average molecular weight is 353 g/mol. The molecule has 0 bridgehead atoms. The fourth-order valence-corrected chi connectivity index (χ4v) is 3.75. The van der Waals surface area contributed by atoms with E-state index >= 15 is 0 Å². The van der Waals surface area contributed by atoms with Crippen molar-refractivity contribution in [3.63, 3.8) is 0 Å². The van der Waals surface area contributed by atoms with Gasteiger partial charge in [0.1, 0.15) is 11.6 Å². The summed E-state index contributed by atoms with van der Waals surface area (Å²) >= 11 is 0. The minimum absolute atomic E-state index is 0.0178. The number of rotatable bonds is 6. The Labute approximate surface area is 141 Å². The molecule has 2 aromatic carbocycles. The first kappa shape index (κ1) is 18.4. The second-order valence-electron chi connectivity index (χ2n) is 5.49. The van der Waals surface area contributed by atoms with Crippen LogP contribution >= 0.6 is 0 Å². The molecule has 0 aliphatic rings. The summed E-state index contributed by atoms with van der Waals surface area (Å²) in [6.07, 6.45) is -1.01. The zero-order valence-corrected chi connectivity index (χ0v) is 14.5. The van der Waals surface area contributed by atoms with Crippen LogP contribution in [0.4, 0.5) is 4.39 Å². The number of aliphatic hydroxyl groups excluding tert-OH is 1. The zero-order valence-electron chi connectivity index (χ0n) is 13.7. The van der Waals surface area contributed by atoms with Gasteiger partial charge in [-0.25, -0.2) is 12.8 Å². The van der Waals surface area contributed by atoms with Gasteiger partial charge >= 0.3 is 0 Å². The largest absolute Gasteiger partial charge is 0.497 e. The number of benzene rings is 2. The minimum atomic E-state index is -3.83. The van der Waals surface area contributed by atoms with Gasteiger partial charge < -0.3 is 9.84 Å². The molecule has 0 heterocycles. The number of aryl methyl sites for hydroxylation is 1. The van der Waals surface area contributed by atoms with Crippen LogP contribution < -0.4 is 4.74 Å². The lowest BCUT2D eigenvalue weighted by Gasteiger charge is -2.22. The Hall–Kier alpha value is -1.96. The van der Waals surface area contributed by atoms with Crippen molar-refractivity contribution in [3.8, 4) is 5.75 Å². The lowest BCUT2D eigenvalue weighted by molar-refractivity contribution is 0.154. The molecule has 1 N–H and O–H groups in total. The highest BCUT2D eigenvalue weighted by molar-refractivity contribution is 7.89. The van der Waals surface area contributed by atoms with E-state index in [1.165, 1.54) is 33.2 Å². The van der Waals surface area contributed by atoms with Crippen LogP contribution in [0, 0.1) is 12.7 Å². The molecule has 7 heteroatoms. The van der Waals surface area contributed by atoms with Crippen LogP contribution in [0.15, 0.2) is 47.4 Å². The molecule has 130 valence electrons. The molecule has 0 saturated carbocycles. The number of ether oxygens (including phenoxy) is 1. The molecular formula is C17H20FNO4S. The molecule has 1 atom stereocenters. The molecule has 24 heavy (non-hydrogen) atoms. The molecule has 1 unspecified atom stereocenters. The van der Waals surface area contributed by atoms with Crippen LogP contribution in [-0.4, -0.2) is 38.5 Å². The molecule has 0 aliphatic heterocycles. The Morgan fingerprint density at radius 1 is 1.25 bits per heavy atom. The number of likely N-dealkylation sites (N-methyl/N-ethyl adjacent to an activating group) is 1. The van der Waals surface area contributed by atoms with Gasteiger partial charge in [-0.05, 0) is 48.4 Å². The van der Waals surface area contributed by atoms with Gasteiger partial charge in [-0.1, -0.05) is 12.1 Å². The molecule has 0 aliphatic carbocycles. The van der Waals surface area contributed by atoms with E-state index in [0.717, 1.165) is 10.4 Å². The van der Waals surface area contributed by atoms with Crippen LogP contribution in [0.3, 0.4) is 0 Å². The molecule has 0 spiro atoms. The first-order valence-corrected chi connectivity index (χ1v) is 8.74. The third-order valence-electron chi connectivity index (χ3n) is 3.73. The molecule has 5 nitrogen and oxygen atoms in total. The maximum atomic E-state index is 13.2. The van der Waals surface area contributed by atoms with E-state index in [2.05, 4.69) is 0 Å². The van der Waals surface area contributed by atoms with Crippen molar-refractivity contribution in [2.75, 3.05) is 20.7 Å². The van der Waals surface area contributed by atoms with Crippen LogP contribution in [0.5, 0.6) is 5.75 Å². The van der Waals surface area contributed by atoms with Crippen LogP contribution in [0.1, 0.15) is 17.2 Å². The van der Waals surface area contributed by atoms with E-state index in [9.17, 15) is 17.9 Å². The van der Waals surface area contributed by atoms with Gasteiger partial charge in [0.2, 0.25) is 10.0 Å². The third-order valence-corrected chi connectivity index (χ3v) is 5.72. The Balaban J connectivity index is 2.22. The lowest BCUT2D eigenvalue weighted by atomic mass is 10.1. The van der Waals surface area contributed by atoms with Gasteiger partial charge in [0.15, 0.2) is 0 Å². The summed E-state index contributed by atoms with van der Waals surface area (Å²) in [7, 11) is -0.940. The van der Waals surface area contributed by atoms with Gasteiger partial charge in [0.25, 0.3) is 0 Å². The number of nitrogens with zero attached hydrogens (tertiary/aromatic N) is 1. The highest BCUT2D eigenvalue weighted by Gasteiger charge is 2.25. The Kier molecular flexibility index (Phi) is 5.58. The summed E-state index contributed by atoms with van der Waals surface area (Å²) in [4.78, 5) is 0.0178. The number of hydrogen-bond donors (Lipinski definition) is 1. The van der Waals surface area contributed by atoms with E-state index in [1.54, 1.807) is 24.3 Å². The molecule has 2 rings (SSSR count). The van der Waals surface area contributed by atoms with Gasteiger partial charge in [0.05, 0.1) is 18.1 Å². The predicted octanol–water partition coefficient (Wildman–Crippen LogP) is 2.50. The molecule has 2 aromatic rings. The van der Waals surface area contributed by atoms with Gasteiger partial charge in [0, 0.05) is 13.6 Å². The Morgan fingerprint density at radius 2 is 1.96 bits per heavy atom. The third kappa shape index (κ3) is 3.92. The van der Waals surface area contributed by atoms with Crippen molar-refractivity contribution in [2.24, 2.45) is 0 Å². The number of hydrogen-bond acceptors (Lipinski definition) is 4. The monoisotopic (exact) mass is 353 g/mol. The minimum Gasteiger partial charge on any atom is -0.497 e. The molecule has 0 radical (unpaired) electrons. The van der Waals surface area contributed by atoms with Crippen molar-refractivity contribution in [1.82, 2.24) is 4.31 Å². The van der Waals surface area contributed by atoms with E-state index < -0.39 is 21.9 Å². The smallest absolute Gasteiger partial charge is 0.243 e. The summed E-state index contributed by atoms with van der Waals surface area (Å²) in [5.74, 6) is 0.0805. The molecule has 0 fully saturated rings. The predicted molar refractivity (Wildman–Crippen MR) is 88.9 cm³/mol. The lowest BCUT2D eigenvalue weighted by Crippen LogP contribution is -2.31. The summed E-state index contributed by atoms with van der Waals surface area (Å²) in [6.45, 7) is 1.40. The fraction of sp³-hybridized carbons (Fsp3) is 0.294. The summed E-state index contributed by atoms with van der Waals surface area (Å²) in [5, 5.41) is 10.3. The van der Waals surface area contributed by atoms with Crippen LogP contribution in [0.25, 0.3) is 0 Å². The maximum Gasteiger partial charge on any atom is 0.243 e. The van der Waals surface area contributed by atoms with Gasteiger partial charge in [-0.2, -0.15) is 4.31 Å². The standard InChI is InChI=1S/C17H20FNO4S/c1-12-9-14(18)7-8-17(12)24(21,22)19(2)11-16(20)13-5-4-6-15(10-13)23-3/h4-10,16,20H,11H2,1-3H3. The fourth-order valence-electron chi connectivity index (χ4n) is 2.37. The number of methoxy groups -OCH3 is 1. The summed E-state index contributed by atoms with van der Waals surface area (Å²) in [5.41, 5.74) is 0.866. The van der Waals surface area contributed by atoms with Crippen LogP contribution in [-0.2, 0) is 10.0 Å². The van der Waals surface area contributed by atoms with Crippen molar-refractivity contribution < 1.29 is 22.7 Å². The normalized spacial score (nSPS) is 13.1. The van der Waals surface area contributed by atoms with Crippen molar-refractivity contribution in [2.45, 2.75) is 17.9 Å². The highest BCUT2D eigenvalue weighted by Crippen LogP contribution is 2.24. The maximum absolute atomic E-state index is 13.2. The van der Waals surface area contributed by atoms with E-state index in [4.69, 9.17) is 4.74 Å². The average Bonchev–Trinajstić information content (AvgIpc) is 2.54. The second-order valence-corrected chi connectivity index (χ2v) is 7.50. The molecule has 0 aromatic heterocycles. The zero-order chi connectivity index (χ0) is 17.9. The van der Waals surface area contributed by atoms with Gasteiger partial charge in [-0.15, -0.1) is 0 Å². The highest BCUT2D eigenvalue weighted by atomic mass is 32.2. The van der Waals surface area contributed by atoms with Crippen molar-refractivity contribution in [3.05, 3.63) is 59.4 Å². The molecular weight excluding hydrogens is 333 g/mol. The number of aliphatic hydroxyl groups is 1. The summed E-state index contributed by atoms with van der Waals surface area (Å²) < 4.78 is 44.6.